The molecule has 2 N–H and O–H groups in total. The minimum absolute atomic E-state index is 0.0188. The van der Waals surface area contributed by atoms with Crippen LogP contribution in [0.5, 0.6) is 0 Å². The number of benzene rings is 2. The van der Waals surface area contributed by atoms with E-state index in [4.69, 9.17) is 5.73 Å². The third-order valence-electron chi connectivity index (χ3n) is 4.96. The third kappa shape index (κ3) is 3.26. The van der Waals surface area contributed by atoms with Crippen LogP contribution in [0.25, 0.3) is 0 Å². The molecule has 1 saturated heterocycles. The molecule has 0 radical (unpaired) electrons. The molecule has 126 valence electrons. The van der Waals surface area contributed by atoms with Gasteiger partial charge in [0, 0.05) is 29.5 Å². The molecule has 4 heteroatoms. The van der Waals surface area contributed by atoms with Crippen molar-refractivity contribution in [1.82, 2.24) is 4.90 Å². The maximum absolute atomic E-state index is 13.2. The molecule has 1 amide bonds. The average molecular weight is 387 g/mol. The van der Waals surface area contributed by atoms with Crippen molar-refractivity contribution in [1.29, 1.82) is 0 Å². The second-order valence-corrected chi connectivity index (χ2v) is 7.94. The van der Waals surface area contributed by atoms with E-state index >= 15 is 0 Å². The van der Waals surface area contributed by atoms with E-state index in [1.807, 2.05) is 61.2 Å². The fourth-order valence-electron chi connectivity index (χ4n) is 3.44. The highest BCUT2D eigenvalue weighted by Gasteiger charge is 2.40. The summed E-state index contributed by atoms with van der Waals surface area (Å²) >= 11 is 3.49. The number of carbonyl (C=O) groups excluding carboxylic acids is 1. The van der Waals surface area contributed by atoms with E-state index < -0.39 is 5.41 Å². The molecule has 0 spiro atoms. The lowest BCUT2D eigenvalue weighted by molar-refractivity contribution is -0.135. The summed E-state index contributed by atoms with van der Waals surface area (Å²) < 4.78 is 0.987. The van der Waals surface area contributed by atoms with Crippen molar-refractivity contribution in [2.24, 2.45) is 5.73 Å². The Hall–Kier alpha value is -1.65. The molecule has 24 heavy (non-hydrogen) atoms. The van der Waals surface area contributed by atoms with Gasteiger partial charge in [0.2, 0.25) is 5.91 Å². The summed E-state index contributed by atoms with van der Waals surface area (Å²) in [6.45, 7) is 5.26. The molecule has 0 aromatic heterocycles. The fourth-order valence-corrected chi connectivity index (χ4v) is 3.84. The van der Waals surface area contributed by atoms with E-state index in [1.54, 1.807) is 0 Å². The molecular formula is C20H23BrN2O. The van der Waals surface area contributed by atoms with E-state index in [-0.39, 0.29) is 17.9 Å². The van der Waals surface area contributed by atoms with Crippen molar-refractivity contribution < 1.29 is 4.79 Å². The predicted molar refractivity (Wildman–Crippen MR) is 101 cm³/mol. The minimum atomic E-state index is -0.574. The first-order valence-corrected chi connectivity index (χ1v) is 9.05. The van der Waals surface area contributed by atoms with Gasteiger partial charge in [0.15, 0.2) is 0 Å². The number of hydrogen-bond acceptors (Lipinski definition) is 2. The van der Waals surface area contributed by atoms with E-state index in [0.717, 1.165) is 10.0 Å². The maximum Gasteiger partial charge on any atom is 0.232 e. The quantitative estimate of drug-likeness (QED) is 0.874. The number of nitrogens with two attached hydrogens (primary N) is 1. The number of amides is 1. The topological polar surface area (TPSA) is 46.3 Å². The molecule has 1 aliphatic rings. The summed E-state index contributed by atoms with van der Waals surface area (Å²) in [5.41, 5.74) is 7.99. The molecule has 1 fully saturated rings. The molecule has 0 saturated carbocycles. The summed E-state index contributed by atoms with van der Waals surface area (Å²) in [7, 11) is 0. The highest BCUT2D eigenvalue weighted by atomic mass is 79.9. The van der Waals surface area contributed by atoms with Crippen molar-refractivity contribution >= 4 is 21.8 Å². The van der Waals surface area contributed by atoms with Crippen LogP contribution in [0.1, 0.15) is 30.9 Å². The first kappa shape index (κ1) is 17.2. The number of nitrogens with zero attached hydrogens (tertiary/aromatic N) is 1. The molecule has 0 unspecified atom stereocenters. The highest BCUT2D eigenvalue weighted by Crippen LogP contribution is 2.32. The molecule has 1 aliphatic heterocycles. The summed E-state index contributed by atoms with van der Waals surface area (Å²) in [4.78, 5) is 15.1. The number of halogens is 1. The monoisotopic (exact) mass is 386 g/mol. The van der Waals surface area contributed by atoms with E-state index in [9.17, 15) is 4.79 Å². The van der Waals surface area contributed by atoms with Gasteiger partial charge in [0.1, 0.15) is 0 Å². The molecule has 2 aromatic carbocycles. The standard InChI is InChI=1S/C20H23BrN2O/c1-20(2,15-9-6-10-16(21)11-15)19(24)23-12-17(18(22)13-23)14-7-4-3-5-8-14/h3-11,17-18H,12-13,22H2,1-2H3/t17-,18+/m0/s1. The second kappa shape index (κ2) is 6.69. The summed E-state index contributed by atoms with van der Waals surface area (Å²) in [5, 5.41) is 0. The van der Waals surface area contributed by atoms with Gasteiger partial charge in [-0.3, -0.25) is 4.79 Å². The zero-order chi connectivity index (χ0) is 17.3. The summed E-state index contributed by atoms with van der Waals surface area (Å²) in [5.74, 6) is 0.336. The van der Waals surface area contributed by atoms with Gasteiger partial charge in [-0.25, -0.2) is 0 Å². The minimum Gasteiger partial charge on any atom is -0.340 e. The maximum atomic E-state index is 13.2. The molecule has 2 aromatic rings. The van der Waals surface area contributed by atoms with Crippen LogP contribution in [0.3, 0.4) is 0 Å². The number of likely N-dealkylation sites (tertiary alicyclic amines) is 1. The summed E-state index contributed by atoms with van der Waals surface area (Å²) in [6.07, 6.45) is 0. The lowest BCUT2D eigenvalue weighted by atomic mass is 9.83. The Bertz CT molecular complexity index is 729. The van der Waals surface area contributed by atoms with Crippen LogP contribution < -0.4 is 5.73 Å². The largest absolute Gasteiger partial charge is 0.340 e. The SMILES string of the molecule is CC(C)(C(=O)N1C[C@@H](N)[C@H](c2ccccc2)C1)c1cccc(Br)c1. The van der Waals surface area contributed by atoms with Crippen molar-refractivity contribution in [2.75, 3.05) is 13.1 Å². The van der Waals surface area contributed by atoms with Gasteiger partial charge in [0.25, 0.3) is 0 Å². The molecule has 3 rings (SSSR count). The van der Waals surface area contributed by atoms with Crippen LogP contribution in [-0.2, 0) is 10.2 Å². The molecule has 0 bridgehead atoms. The van der Waals surface area contributed by atoms with Crippen LogP contribution in [0.2, 0.25) is 0 Å². The molecule has 3 nitrogen and oxygen atoms in total. The molecule has 1 heterocycles. The third-order valence-corrected chi connectivity index (χ3v) is 5.45. The Labute approximate surface area is 152 Å². The lowest BCUT2D eigenvalue weighted by Gasteiger charge is -2.30. The van der Waals surface area contributed by atoms with Crippen molar-refractivity contribution in [3.63, 3.8) is 0 Å². The van der Waals surface area contributed by atoms with Gasteiger partial charge >= 0.3 is 0 Å². The van der Waals surface area contributed by atoms with E-state index in [0.29, 0.717) is 13.1 Å². The van der Waals surface area contributed by atoms with Crippen LogP contribution in [0, 0.1) is 0 Å². The number of hydrogen-bond donors (Lipinski definition) is 1. The van der Waals surface area contributed by atoms with Crippen LogP contribution in [0.15, 0.2) is 59.1 Å². The van der Waals surface area contributed by atoms with Crippen molar-refractivity contribution in [3.05, 3.63) is 70.2 Å². The number of rotatable bonds is 3. The average Bonchev–Trinajstić information content (AvgIpc) is 2.96. The van der Waals surface area contributed by atoms with Gasteiger partial charge in [-0.1, -0.05) is 58.4 Å². The van der Waals surface area contributed by atoms with Crippen molar-refractivity contribution in [3.8, 4) is 0 Å². The first-order chi connectivity index (χ1) is 11.4. The van der Waals surface area contributed by atoms with Gasteiger partial charge < -0.3 is 10.6 Å². The lowest BCUT2D eigenvalue weighted by Crippen LogP contribution is -2.43. The van der Waals surface area contributed by atoms with E-state index in [1.165, 1.54) is 5.56 Å². The predicted octanol–water partition coefficient (Wildman–Crippen LogP) is 3.68. The van der Waals surface area contributed by atoms with Gasteiger partial charge in [0.05, 0.1) is 5.41 Å². The molecule has 0 aliphatic carbocycles. The Balaban J connectivity index is 1.81. The summed E-state index contributed by atoms with van der Waals surface area (Å²) in [6, 6.07) is 18.2. The highest BCUT2D eigenvalue weighted by molar-refractivity contribution is 9.10. The number of carbonyl (C=O) groups is 1. The zero-order valence-corrected chi connectivity index (χ0v) is 15.7. The van der Waals surface area contributed by atoms with Crippen molar-refractivity contribution in [2.45, 2.75) is 31.2 Å². The van der Waals surface area contributed by atoms with E-state index in [2.05, 4.69) is 28.1 Å². The Morgan fingerprint density at radius 1 is 1.12 bits per heavy atom. The van der Waals surface area contributed by atoms with Crippen LogP contribution >= 0.6 is 15.9 Å². The van der Waals surface area contributed by atoms with Gasteiger partial charge in [-0.05, 0) is 37.1 Å². The normalized spacial score (nSPS) is 21.1. The smallest absolute Gasteiger partial charge is 0.232 e. The zero-order valence-electron chi connectivity index (χ0n) is 14.1. The van der Waals surface area contributed by atoms with Gasteiger partial charge in [-0.2, -0.15) is 0 Å². The fraction of sp³-hybridized carbons (Fsp3) is 0.350. The Morgan fingerprint density at radius 3 is 2.50 bits per heavy atom. The van der Waals surface area contributed by atoms with Crippen LogP contribution in [0.4, 0.5) is 0 Å². The molecule has 2 atom stereocenters. The van der Waals surface area contributed by atoms with Gasteiger partial charge in [-0.15, -0.1) is 0 Å². The first-order valence-electron chi connectivity index (χ1n) is 8.25. The van der Waals surface area contributed by atoms with Crippen LogP contribution in [-0.4, -0.2) is 29.9 Å². The second-order valence-electron chi connectivity index (χ2n) is 7.03. The Morgan fingerprint density at radius 2 is 1.83 bits per heavy atom. The Kier molecular flexibility index (Phi) is 4.79. The molecular weight excluding hydrogens is 364 g/mol.